The molecule has 2 aliphatic rings. The quantitative estimate of drug-likeness (QED) is 0.777. The van der Waals surface area contributed by atoms with Gasteiger partial charge in [0.2, 0.25) is 5.91 Å². The molecule has 1 aromatic heterocycles. The molecule has 1 N–H and O–H groups in total. The topological polar surface area (TPSA) is 57.7 Å². The number of nitrogens with zero attached hydrogens (tertiary/aromatic N) is 3. The van der Waals surface area contributed by atoms with Crippen LogP contribution in [0.2, 0.25) is 0 Å². The average Bonchev–Trinajstić information content (AvgIpc) is 2.69. The van der Waals surface area contributed by atoms with E-state index in [1.54, 1.807) is 7.11 Å². The van der Waals surface area contributed by atoms with Crippen molar-refractivity contribution < 1.29 is 9.53 Å². The lowest BCUT2D eigenvalue weighted by atomic mass is 9.92. The van der Waals surface area contributed by atoms with E-state index in [2.05, 4.69) is 26.2 Å². The van der Waals surface area contributed by atoms with Crippen LogP contribution in [-0.4, -0.2) is 72.2 Å². The minimum Gasteiger partial charge on any atom is -0.382 e. The summed E-state index contributed by atoms with van der Waals surface area (Å²) in [6, 6.07) is 4.76. The Hall–Kier alpha value is -1.50. The minimum atomic E-state index is -0.314. The van der Waals surface area contributed by atoms with Gasteiger partial charge < -0.3 is 10.1 Å². The Morgan fingerprint density at radius 2 is 2.07 bits per heavy atom. The van der Waals surface area contributed by atoms with E-state index in [9.17, 15) is 4.79 Å². The fourth-order valence-corrected chi connectivity index (χ4v) is 4.58. The van der Waals surface area contributed by atoms with Gasteiger partial charge in [-0.1, -0.05) is 6.07 Å². The van der Waals surface area contributed by atoms with Crippen molar-refractivity contribution >= 4 is 5.91 Å². The van der Waals surface area contributed by atoms with E-state index in [4.69, 9.17) is 4.74 Å². The van der Waals surface area contributed by atoms with Crippen LogP contribution in [0.25, 0.3) is 0 Å². The van der Waals surface area contributed by atoms with Crippen molar-refractivity contribution in [1.82, 2.24) is 20.1 Å². The van der Waals surface area contributed by atoms with Crippen LogP contribution >= 0.6 is 0 Å². The largest absolute Gasteiger partial charge is 0.382 e. The van der Waals surface area contributed by atoms with Crippen molar-refractivity contribution in [1.29, 1.82) is 0 Å². The highest BCUT2D eigenvalue weighted by atomic mass is 16.5. The Morgan fingerprint density at radius 3 is 2.75 bits per heavy atom. The number of pyridine rings is 1. The van der Waals surface area contributed by atoms with E-state index in [-0.39, 0.29) is 17.4 Å². The number of carbonyl (C=O) groups is 1. The van der Waals surface area contributed by atoms with E-state index in [1.807, 2.05) is 32.3 Å². The number of rotatable bonds is 7. The van der Waals surface area contributed by atoms with Crippen molar-refractivity contribution in [3.8, 4) is 0 Å². The molecule has 1 atom stereocenters. The third-order valence-corrected chi connectivity index (χ3v) is 5.99. The maximum Gasteiger partial charge on any atom is 0.224 e. The van der Waals surface area contributed by atoms with Gasteiger partial charge in [-0.25, -0.2) is 0 Å². The molecule has 0 aliphatic carbocycles. The van der Waals surface area contributed by atoms with Crippen LogP contribution in [0.3, 0.4) is 0 Å². The number of likely N-dealkylation sites (tertiary alicyclic amines) is 2. The van der Waals surface area contributed by atoms with Crippen LogP contribution in [0.4, 0.5) is 0 Å². The standard InChI is InChI=1S/C22H36N4O2/c1-22(2,17-28-3)24-21(27)19-7-5-11-26(16-19)20-8-12-25(13-9-20)15-18-6-4-10-23-14-18/h4,6,10,14,19-20H,5,7-9,11-13,15-17H2,1-3H3,(H,24,27)/t19-/m1/s1. The summed E-state index contributed by atoms with van der Waals surface area (Å²) in [4.78, 5) is 22.1. The molecule has 1 amide bonds. The minimum absolute atomic E-state index is 0.0957. The van der Waals surface area contributed by atoms with Gasteiger partial charge in [-0.3, -0.25) is 19.6 Å². The van der Waals surface area contributed by atoms with E-state index in [1.165, 1.54) is 18.4 Å². The lowest BCUT2D eigenvalue weighted by Crippen LogP contribution is -2.54. The lowest BCUT2D eigenvalue weighted by Gasteiger charge is -2.42. The van der Waals surface area contributed by atoms with E-state index in [0.29, 0.717) is 12.6 Å². The molecule has 28 heavy (non-hydrogen) atoms. The summed E-state index contributed by atoms with van der Waals surface area (Å²) in [7, 11) is 1.68. The Kier molecular flexibility index (Phi) is 7.43. The molecule has 156 valence electrons. The third-order valence-electron chi connectivity index (χ3n) is 5.99. The molecule has 2 saturated heterocycles. The summed E-state index contributed by atoms with van der Waals surface area (Å²) in [5.41, 5.74) is 0.973. The van der Waals surface area contributed by atoms with E-state index >= 15 is 0 Å². The molecule has 0 unspecified atom stereocenters. The number of aromatic nitrogens is 1. The Bertz CT molecular complexity index is 614. The first-order valence-corrected chi connectivity index (χ1v) is 10.6. The van der Waals surface area contributed by atoms with Crippen molar-refractivity contribution in [2.24, 2.45) is 5.92 Å². The van der Waals surface area contributed by atoms with Crippen LogP contribution < -0.4 is 5.32 Å². The maximum atomic E-state index is 12.8. The first-order valence-electron chi connectivity index (χ1n) is 10.6. The number of piperidine rings is 2. The van der Waals surface area contributed by atoms with Gasteiger partial charge in [0.15, 0.2) is 0 Å². The van der Waals surface area contributed by atoms with Crippen LogP contribution in [0.15, 0.2) is 24.5 Å². The van der Waals surface area contributed by atoms with Crippen LogP contribution in [0.5, 0.6) is 0 Å². The van der Waals surface area contributed by atoms with Gasteiger partial charge in [0, 0.05) is 38.6 Å². The van der Waals surface area contributed by atoms with Gasteiger partial charge in [-0.15, -0.1) is 0 Å². The van der Waals surface area contributed by atoms with Crippen molar-refractivity contribution in [3.05, 3.63) is 30.1 Å². The zero-order valence-corrected chi connectivity index (χ0v) is 17.7. The fourth-order valence-electron chi connectivity index (χ4n) is 4.58. The third kappa shape index (κ3) is 6.00. The molecule has 2 aliphatic heterocycles. The molecule has 0 spiro atoms. The van der Waals surface area contributed by atoms with Gasteiger partial charge >= 0.3 is 0 Å². The first-order chi connectivity index (χ1) is 13.5. The maximum absolute atomic E-state index is 12.8. The molecule has 0 bridgehead atoms. The summed E-state index contributed by atoms with van der Waals surface area (Å²) >= 11 is 0. The Morgan fingerprint density at radius 1 is 1.29 bits per heavy atom. The predicted molar refractivity (Wildman–Crippen MR) is 111 cm³/mol. The van der Waals surface area contributed by atoms with Gasteiger partial charge in [-0.05, 0) is 70.8 Å². The zero-order valence-electron chi connectivity index (χ0n) is 17.7. The van der Waals surface area contributed by atoms with Gasteiger partial charge in [0.1, 0.15) is 0 Å². The van der Waals surface area contributed by atoms with Crippen molar-refractivity contribution in [2.75, 3.05) is 39.9 Å². The van der Waals surface area contributed by atoms with Crippen LogP contribution in [-0.2, 0) is 16.1 Å². The monoisotopic (exact) mass is 388 g/mol. The molecule has 0 saturated carbocycles. The highest BCUT2D eigenvalue weighted by molar-refractivity contribution is 5.79. The predicted octanol–water partition coefficient (Wildman–Crippen LogP) is 2.30. The second-order valence-corrected chi connectivity index (χ2v) is 9.01. The number of carbonyl (C=O) groups excluding carboxylic acids is 1. The number of ether oxygens (including phenoxy) is 1. The summed E-state index contributed by atoms with van der Waals surface area (Å²) in [6.45, 7) is 9.81. The molecule has 3 rings (SSSR count). The molecule has 6 nitrogen and oxygen atoms in total. The second-order valence-electron chi connectivity index (χ2n) is 9.01. The molecule has 6 heteroatoms. The Labute approximate surface area is 169 Å². The Balaban J connectivity index is 1.46. The van der Waals surface area contributed by atoms with Crippen LogP contribution in [0, 0.1) is 5.92 Å². The molecule has 3 heterocycles. The first kappa shape index (κ1) is 21.2. The fraction of sp³-hybridized carbons (Fsp3) is 0.727. The average molecular weight is 389 g/mol. The molecular weight excluding hydrogens is 352 g/mol. The van der Waals surface area contributed by atoms with Crippen LogP contribution in [0.1, 0.15) is 45.1 Å². The number of hydrogen-bond acceptors (Lipinski definition) is 5. The van der Waals surface area contributed by atoms with E-state index in [0.717, 1.165) is 45.6 Å². The normalized spacial score (nSPS) is 22.9. The number of methoxy groups -OCH3 is 1. The van der Waals surface area contributed by atoms with Gasteiger partial charge in [-0.2, -0.15) is 0 Å². The number of hydrogen-bond donors (Lipinski definition) is 1. The van der Waals surface area contributed by atoms with Crippen molar-refractivity contribution in [3.63, 3.8) is 0 Å². The highest BCUT2D eigenvalue weighted by Gasteiger charge is 2.33. The summed E-state index contributed by atoms with van der Waals surface area (Å²) < 4.78 is 5.23. The van der Waals surface area contributed by atoms with Gasteiger partial charge in [0.05, 0.1) is 18.1 Å². The SMILES string of the molecule is COCC(C)(C)NC(=O)[C@@H]1CCCN(C2CCN(Cc3cccnc3)CC2)C1. The molecule has 1 aromatic rings. The number of nitrogens with one attached hydrogen (secondary N) is 1. The van der Waals surface area contributed by atoms with Gasteiger partial charge in [0.25, 0.3) is 0 Å². The zero-order chi connectivity index (χ0) is 20.0. The molecular formula is C22H36N4O2. The lowest BCUT2D eigenvalue weighted by molar-refractivity contribution is -0.129. The second kappa shape index (κ2) is 9.81. The summed E-state index contributed by atoms with van der Waals surface area (Å²) in [5, 5.41) is 3.18. The smallest absolute Gasteiger partial charge is 0.224 e. The van der Waals surface area contributed by atoms with Crippen molar-refractivity contribution in [2.45, 2.75) is 57.7 Å². The summed E-state index contributed by atoms with van der Waals surface area (Å²) in [5.74, 6) is 0.277. The van der Waals surface area contributed by atoms with E-state index < -0.39 is 0 Å². The molecule has 2 fully saturated rings. The molecule has 0 aromatic carbocycles. The summed E-state index contributed by atoms with van der Waals surface area (Å²) in [6.07, 6.45) is 8.26. The highest BCUT2D eigenvalue weighted by Crippen LogP contribution is 2.25. The number of amides is 1. The molecule has 0 radical (unpaired) electrons.